The van der Waals surface area contributed by atoms with E-state index in [2.05, 4.69) is 14.9 Å². The van der Waals surface area contributed by atoms with E-state index < -0.39 is 0 Å². The Morgan fingerprint density at radius 3 is 2.91 bits per heavy atom. The Morgan fingerprint density at radius 1 is 1.30 bits per heavy atom. The van der Waals surface area contributed by atoms with E-state index in [4.69, 9.17) is 4.74 Å². The molecule has 0 radical (unpaired) electrons. The third-order valence-electron chi connectivity index (χ3n) is 5.01. The number of rotatable bonds is 5. The highest BCUT2D eigenvalue weighted by Crippen LogP contribution is 2.22. The summed E-state index contributed by atoms with van der Waals surface area (Å²) in [5.41, 5.74) is 0.728. The van der Waals surface area contributed by atoms with Crippen molar-refractivity contribution >= 4 is 5.91 Å². The summed E-state index contributed by atoms with van der Waals surface area (Å²) in [5, 5.41) is 4.24. The van der Waals surface area contributed by atoms with Crippen LogP contribution in [0.1, 0.15) is 43.1 Å². The molecule has 0 aliphatic carbocycles. The summed E-state index contributed by atoms with van der Waals surface area (Å²) in [4.78, 5) is 17.5. The second-order valence-electron chi connectivity index (χ2n) is 6.42. The minimum atomic E-state index is 0.149. The lowest BCUT2D eigenvalue weighted by molar-refractivity contribution is 0.0293. The lowest BCUT2D eigenvalue weighted by atomic mass is 9.98. The summed E-state index contributed by atoms with van der Waals surface area (Å²) in [6.45, 7) is 8.40. The van der Waals surface area contributed by atoms with Crippen LogP contribution in [0.2, 0.25) is 0 Å². The van der Waals surface area contributed by atoms with Gasteiger partial charge in [-0.25, -0.2) is 0 Å². The Balaban J connectivity index is 1.62. The van der Waals surface area contributed by atoms with Crippen LogP contribution in [0, 0.1) is 0 Å². The number of amides is 1. The van der Waals surface area contributed by atoms with Crippen LogP contribution in [0.15, 0.2) is 12.3 Å². The quantitative estimate of drug-likeness (QED) is 0.827. The number of nitrogens with zero attached hydrogens (tertiary/aromatic N) is 4. The van der Waals surface area contributed by atoms with Crippen molar-refractivity contribution in [1.29, 1.82) is 0 Å². The van der Waals surface area contributed by atoms with Gasteiger partial charge in [0.15, 0.2) is 0 Å². The SMILES string of the molecule is CCn1nccc1C(=O)N1CCCC[C@H]1CCN1CCOCC1. The molecular formula is C17H28N4O2. The molecule has 6 nitrogen and oxygen atoms in total. The fourth-order valence-electron chi connectivity index (χ4n) is 3.64. The molecule has 1 atom stereocenters. The fraction of sp³-hybridized carbons (Fsp3) is 0.765. The van der Waals surface area contributed by atoms with E-state index in [1.807, 2.05) is 13.0 Å². The predicted molar refractivity (Wildman–Crippen MR) is 88.5 cm³/mol. The van der Waals surface area contributed by atoms with Gasteiger partial charge in [-0.05, 0) is 38.7 Å². The highest BCUT2D eigenvalue weighted by Gasteiger charge is 2.29. The molecule has 0 aromatic carbocycles. The van der Waals surface area contributed by atoms with Gasteiger partial charge in [-0.1, -0.05) is 0 Å². The van der Waals surface area contributed by atoms with Crippen LogP contribution in [0.25, 0.3) is 0 Å². The molecule has 1 aromatic heterocycles. The highest BCUT2D eigenvalue weighted by molar-refractivity contribution is 5.92. The summed E-state index contributed by atoms with van der Waals surface area (Å²) in [7, 11) is 0. The molecule has 6 heteroatoms. The molecule has 3 rings (SSSR count). The van der Waals surface area contributed by atoms with Gasteiger partial charge in [0, 0.05) is 45.0 Å². The number of morpholine rings is 1. The van der Waals surface area contributed by atoms with Crippen LogP contribution in [-0.4, -0.2) is 70.9 Å². The van der Waals surface area contributed by atoms with Crippen molar-refractivity contribution in [2.45, 2.75) is 45.2 Å². The minimum Gasteiger partial charge on any atom is -0.379 e. The molecule has 2 aliphatic rings. The van der Waals surface area contributed by atoms with Crippen LogP contribution in [0.3, 0.4) is 0 Å². The van der Waals surface area contributed by atoms with E-state index in [1.54, 1.807) is 10.9 Å². The summed E-state index contributed by atoms with van der Waals surface area (Å²) in [5.74, 6) is 0.149. The average Bonchev–Trinajstić information content (AvgIpc) is 3.09. The van der Waals surface area contributed by atoms with Crippen LogP contribution in [-0.2, 0) is 11.3 Å². The van der Waals surface area contributed by atoms with Crippen molar-refractivity contribution in [1.82, 2.24) is 19.6 Å². The number of ether oxygens (including phenoxy) is 1. The third kappa shape index (κ3) is 3.93. The first-order chi connectivity index (χ1) is 11.3. The minimum absolute atomic E-state index is 0.149. The Bertz CT molecular complexity index is 510. The second kappa shape index (κ2) is 7.93. The first-order valence-electron chi connectivity index (χ1n) is 8.92. The average molecular weight is 320 g/mol. The van der Waals surface area contributed by atoms with Gasteiger partial charge in [0.2, 0.25) is 0 Å². The second-order valence-corrected chi connectivity index (χ2v) is 6.42. The number of carbonyl (C=O) groups excluding carboxylic acids is 1. The van der Waals surface area contributed by atoms with Gasteiger partial charge < -0.3 is 9.64 Å². The van der Waals surface area contributed by atoms with Crippen LogP contribution in [0.5, 0.6) is 0 Å². The molecular weight excluding hydrogens is 292 g/mol. The number of aryl methyl sites for hydroxylation is 1. The fourth-order valence-corrected chi connectivity index (χ4v) is 3.64. The zero-order valence-corrected chi connectivity index (χ0v) is 14.1. The van der Waals surface area contributed by atoms with Crippen molar-refractivity contribution in [2.24, 2.45) is 0 Å². The number of hydrogen-bond acceptors (Lipinski definition) is 4. The molecule has 128 valence electrons. The van der Waals surface area contributed by atoms with E-state index in [0.29, 0.717) is 6.04 Å². The van der Waals surface area contributed by atoms with Gasteiger partial charge in [0.1, 0.15) is 5.69 Å². The van der Waals surface area contributed by atoms with Crippen LogP contribution >= 0.6 is 0 Å². The molecule has 0 spiro atoms. The maximum atomic E-state index is 12.9. The highest BCUT2D eigenvalue weighted by atomic mass is 16.5. The van der Waals surface area contributed by atoms with Gasteiger partial charge in [0.05, 0.1) is 13.2 Å². The Morgan fingerprint density at radius 2 is 2.13 bits per heavy atom. The lowest BCUT2D eigenvalue weighted by Crippen LogP contribution is -2.46. The van der Waals surface area contributed by atoms with Gasteiger partial charge >= 0.3 is 0 Å². The molecule has 23 heavy (non-hydrogen) atoms. The van der Waals surface area contributed by atoms with E-state index in [-0.39, 0.29) is 5.91 Å². The largest absolute Gasteiger partial charge is 0.379 e. The van der Waals surface area contributed by atoms with Gasteiger partial charge in [0.25, 0.3) is 5.91 Å². The van der Waals surface area contributed by atoms with Crippen molar-refractivity contribution in [3.8, 4) is 0 Å². The zero-order chi connectivity index (χ0) is 16.1. The maximum Gasteiger partial charge on any atom is 0.272 e. The molecule has 2 aliphatic heterocycles. The maximum absolute atomic E-state index is 12.9. The van der Waals surface area contributed by atoms with E-state index in [9.17, 15) is 4.79 Å². The Hall–Kier alpha value is -1.40. The third-order valence-corrected chi connectivity index (χ3v) is 5.01. The van der Waals surface area contributed by atoms with Crippen molar-refractivity contribution < 1.29 is 9.53 Å². The first-order valence-corrected chi connectivity index (χ1v) is 8.92. The summed E-state index contributed by atoms with van der Waals surface area (Å²) in [6.07, 6.45) is 6.25. The van der Waals surface area contributed by atoms with Crippen LogP contribution < -0.4 is 0 Å². The van der Waals surface area contributed by atoms with E-state index >= 15 is 0 Å². The molecule has 3 heterocycles. The Labute approximate surface area is 138 Å². The van der Waals surface area contributed by atoms with Gasteiger partial charge in [-0.2, -0.15) is 5.10 Å². The normalized spacial score (nSPS) is 23.2. The molecule has 1 aromatic rings. The van der Waals surface area contributed by atoms with Gasteiger partial charge in [-0.3, -0.25) is 14.4 Å². The number of carbonyl (C=O) groups is 1. The van der Waals surface area contributed by atoms with Gasteiger partial charge in [-0.15, -0.1) is 0 Å². The number of hydrogen-bond donors (Lipinski definition) is 0. The standard InChI is InChI=1S/C17H28N4O2/c1-2-21-16(6-8-18-21)17(22)20-9-4-3-5-15(20)7-10-19-11-13-23-14-12-19/h6,8,15H,2-5,7,9-14H2,1H3/t15-/m0/s1. The summed E-state index contributed by atoms with van der Waals surface area (Å²) >= 11 is 0. The summed E-state index contributed by atoms with van der Waals surface area (Å²) in [6, 6.07) is 2.21. The summed E-state index contributed by atoms with van der Waals surface area (Å²) < 4.78 is 7.21. The van der Waals surface area contributed by atoms with Crippen LogP contribution in [0.4, 0.5) is 0 Å². The van der Waals surface area contributed by atoms with E-state index in [1.165, 1.54) is 6.42 Å². The Kier molecular flexibility index (Phi) is 5.67. The smallest absolute Gasteiger partial charge is 0.272 e. The van der Waals surface area contributed by atoms with Crippen molar-refractivity contribution in [3.63, 3.8) is 0 Å². The number of aromatic nitrogens is 2. The molecule has 0 saturated carbocycles. The predicted octanol–water partition coefficient (Wildman–Crippen LogP) is 1.62. The molecule has 0 unspecified atom stereocenters. The van der Waals surface area contributed by atoms with Crippen molar-refractivity contribution in [3.05, 3.63) is 18.0 Å². The first kappa shape index (κ1) is 16.5. The number of piperidine rings is 1. The monoisotopic (exact) mass is 320 g/mol. The van der Waals surface area contributed by atoms with E-state index in [0.717, 1.165) is 70.9 Å². The number of likely N-dealkylation sites (tertiary alicyclic amines) is 1. The lowest BCUT2D eigenvalue weighted by Gasteiger charge is -2.37. The molecule has 0 bridgehead atoms. The molecule has 1 amide bonds. The molecule has 2 saturated heterocycles. The topological polar surface area (TPSA) is 50.6 Å². The zero-order valence-electron chi connectivity index (χ0n) is 14.1. The molecule has 2 fully saturated rings. The molecule has 0 N–H and O–H groups in total. The van der Waals surface area contributed by atoms with Crippen molar-refractivity contribution in [2.75, 3.05) is 39.4 Å².